The highest BCUT2D eigenvalue weighted by molar-refractivity contribution is 8.01. The molecule has 2 aromatic rings. The lowest BCUT2D eigenvalue weighted by Gasteiger charge is -2.03. The van der Waals surface area contributed by atoms with E-state index in [1.807, 2.05) is 6.92 Å². The predicted molar refractivity (Wildman–Crippen MR) is 85.8 cm³/mol. The number of anilines is 1. The molecular weight excluding hydrogens is 306 g/mol. The normalized spacial score (nSPS) is 12.8. The Hall–Kier alpha value is -1.15. The summed E-state index contributed by atoms with van der Waals surface area (Å²) in [6, 6.07) is 0. The third-order valence-electron chi connectivity index (χ3n) is 2.65. The Bertz CT molecular complexity index is 554. The van der Waals surface area contributed by atoms with Crippen LogP contribution in [0.25, 0.3) is 0 Å². The van der Waals surface area contributed by atoms with Gasteiger partial charge in [-0.15, -0.1) is 10.2 Å². The van der Waals surface area contributed by atoms with Gasteiger partial charge in [0.25, 0.3) is 0 Å². The summed E-state index contributed by atoms with van der Waals surface area (Å²) in [6.07, 6.45) is 1.87. The number of aryl methyl sites for hydroxylation is 1. The molecule has 0 amide bonds. The van der Waals surface area contributed by atoms with Crippen molar-refractivity contribution in [3.63, 3.8) is 0 Å². The van der Waals surface area contributed by atoms with Crippen LogP contribution in [-0.4, -0.2) is 26.9 Å². The van der Waals surface area contributed by atoms with Crippen molar-refractivity contribution in [3.05, 3.63) is 11.7 Å². The molecule has 0 saturated heterocycles. The van der Waals surface area contributed by atoms with Gasteiger partial charge in [0, 0.05) is 13.0 Å². The van der Waals surface area contributed by atoms with E-state index in [2.05, 4.69) is 46.4 Å². The maximum Gasteiger partial charge on any atom is 0.239 e. The molecule has 0 unspecified atom stereocenters. The first-order valence-corrected chi connectivity index (χ1v) is 8.84. The zero-order valence-corrected chi connectivity index (χ0v) is 14.4. The van der Waals surface area contributed by atoms with E-state index in [9.17, 15) is 0 Å². The van der Waals surface area contributed by atoms with Gasteiger partial charge in [0.05, 0.1) is 5.25 Å². The van der Waals surface area contributed by atoms with Crippen molar-refractivity contribution < 1.29 is 4.52 Å². The van der Waals surface area contributed by atoms with Gasteiger partial charge in [-0.3, -0.25) is 0 Å². The van der Waals surface area contributed by atoms with Crippen molar-refractivity contribution in [1.29, 1.82) is 0 Å². The van der Waals surface area contributed by atoms with Crippen LogP contribution in [0, 0.1) is 5.92 Å². The van der Waals surface area contributed by atoms with E-state index in [0.717, 1.165) is 34.7 Å². The molecule has 8 heteroatoms. The van der Waals surface area contributed by atoms with E-state index in [-0.39, 0.29) is 5.25 Å². The van der Waals surface area contributed by atoms with Gasteiger partial charge in [-0.2, -0.15) is 4.98 Å². The summed E-state index contributed by atoms with van der Waals surface area (Å²) in [5, 5.41) is 16.5. The average Bonchev–Trinajstić information content (AvgIpc) is 3.06. The summed E-state index contributed by atoms with van der Waals surface area (Å²) in [7, 11) is 0. The van der Waals surface area contributed by atoms with Gasteiger partial charge in [0.1, 0.15) is 0 Å². The van der Waals surface area contributed by atoms with Crippen LogP contribution >= 0.6 is 23.1 Å². The number of nitrogens with one attached hydrogen (secondary N) is 1. The molecule has 6 nitrogen and oxygen atoms in total. The minimum atomic E-state index is 0.0778. The van der Waals surface area contributed by atoms with Crippen molar-refractivity contribution in [2.75, 3.05) is 11.9 Å². The summed E-state index contributed by atoms with van der Waals surface area (Å²) in [6.45, 7) is 9.36. The molecule has 2 heterocycles. The second kappa shape index (κ2) is 7.74. The average molecular weight is 327 g/mol. The van der Waals surface area contributed by atoms with Gasteiger partial charge >= 0.3 is 0 Å². The highest BCUT2D eigenvalue weighted by Gasteiger charge is 2.17. The number of nitrogens with zero attached hydrogens (tertiary/aromatic N) is 4. The van der Waals surface area contributed by atoms with Crippen LogP contribution in [0.5, 0.6) is 0 Å². The first-order valence-electron chi connectivity index (χ1n) is 7.15. The van der Waals surface area contributed by atoms with Crippen LogP contribution in [0.1, 0.15) is 51.1 Å². The predicted octanol–water partition coefficient (Wildman–Crippen LogP) is 3.79. The fraction of sp³-hybridized carbons (Fsp3) is 0.692. The maximum absolute atomic E-state index is 5.30. The Morgan fingerprint density at radius 3 is 2.81 bits per heavy atom. The summed E-state index contributed by atoms with van der Waals surface area (Å²) >= 11 is 3.15. The maximum atomic E-state index is 5.30. The van der Waals surface area contributed by atoms with Gasteiger partial charge in [-0.25, -0.2) is 0 Å². The molecular formula is C13H21N5OS2. The lowest BCUT2D eigenvalue weighted by atomic mass is 10.2. The summed E-state index contributed by atoms with van der Waals surface area (Å²) in [4.78, 5) is 4.40. The Morgan fingerprint density at radius 1 is 1.29 bits per heavy atom. The molecule has 0 fully saturated rings. The minimum absolute atomic E-state index is 0.0778. The number of hydrogen-bond acceptors (Lipinski definition) is 8. The monoisotopic (exact) mass is 327 g/mol. The van der Waals surface area contributed by atoms with E-state index < -0.39 is 0 Å². The van der Waals surface area contributed by atoms with E-state index in [1.54, 1.807) is 23.1 Å². The standard InChI is InChI=1S/C13H21N5OS2/c1-5-6-10-15-11(19-18-10)9(4)20-13-17-16-12(21-13)14-7-8(2)3/h8-9H,5-7H2,1-4H3,(H,14,16)/t9-/m1/s1. The highest BCUT2D eigenvalue weighted by atomic mass is 32.2. The second-order valence-corrected chi connectivity index (χ2v) is 7.77. The largest absolute Gasteiger partial charge is 0.360 e. The van der Waals surface area contributed by atoms with Crippen LogP contribution in [0.4, 0.5) is 5.13 Å². The quantitative estimate of drug-likeness (QED) is 0.739. The van der Waals surface area contributed by atoms with Crippen molar-refractivity contribution >= 4 is 28.2 Å². The fourth-order valence-corrected chi connectivity index (χ4v) is 3.51. The lowest BCUT2D eigenvalue weighted by molar-refractivity contribution is 0.374. The Balaban J connectivity index is 1.90. The van der Waals surface area contributed by atoms with E-state index in [4.69, 9.17) is 4.52 Å². The Kier molecular flexibility index (Phi) is 5.98. The van der Waals surface area contributed by atoms with Crippen LogP contribution in [0.15, 0.2) is 8.86 Å². The molecule has 2 rings (SSSR count). The van der Waals surface area contributed by atoms with Crippen LogP contribution < -0.4 is 5.32 Å². The molecule has 1 N–H and O–H groups in total. The third-order valence-corrected chi connectivity index (χ3v) is 4.70. The van der Waals surface area contributed by atoms with Crippen molar-refractivity contribution in [1.82, 2.24) is 20.3 Å². The minimum Gasteiger partial charge on any atom is -0.360 e. The van der Waals surface area contributed by atoms with Crippen LogP contribution in [0.2, 0.25) is 0 Å². The molecule has 2 aromatic heterocycles. The van der Waals surface area contributed by atoms with Gasteiger partial charge in [-0.05, 0) is 19.3 Å². The molecule has 0 aliphatic rings. The lowest BCUT2D eigenvalue weighted by Crippen LogP contribution is -2.07. The molecule has 0 spiro atoms. The Morgan fingerprint density at radius 2 is 2.10 bits per heavy atom. The van der Waals surface area contributed by atoms with Crippen molar-refractivity contribution in [2.24, 2.45) is 5.92 Å². The van der Waals surface area contributed by atoms with Gasteiger partial charge in [-0.1, -0.05) is 49.0 Å². The molecule has 0 aliphatic carbocycles. The van der Waals surface area contributed by atoms with Gasteiger partial charge in [0.2, 0.25) is 11.0 Å². The van der Waals surface area contributed by atoms with E-state index >= 15 is 0 Å². The van der Waals surface area contributed by atoms with Gasteiger partial charge < -0.3 is 9.84 Å². The van der Waals surface area contributed by atoms with Crippen LogP contribution in [0.3, 0.4) is 0 Å². The molecule has 0 radical (unpaired) electrons. The van der Waals surface area contributed by atoms with Crippen molar-refractivity contribution in [2.45, 2.75) is 50.1 Å². The number of hydrogen-bond donors (Lipinski definition) is 1. The molecule has 1 atom stereocenters. The summed E-state index contributed by atoms with van der Waals surface area (Å²) < 4.78 is 6.20. The topological polar surface area (TPSA) is 76.7 Å². The second-order valence-electron chi connectivity index (χ2n) is 5.21. The number of thioether (sulfide) groups is 1. The van der Waals surface area contributed by atoms with Crippen LogP contribution in [-0.2, 0) is 6.42 Å². The zero-order valence-electron chi connectivity index (χ0n) is 12.8. The Labute approximate surface area is 133 Å². The number of aromatic nitrogens is 4. The first kappa shape index (κ1) is 16.2. The smallest absolute Gasteiger partial charge is 0.239 e. The zero-order chi connectivity index (χ0) is 15.2. The van der Waals surface area contributed by atoms with Gasteiger partial charge in [0.15, 0.2) is 10.2 Å². The molecule has 0 aromatic carbocycles. The first-order chi connectivity index (χ1) is 10.1. The summed E-state index contributed by atoms with van der Waals surface area (Å²) in [5.74, 6) is 2.01. The molecule has 0 aliphatic heterocycles. The third kappa shape index (κ3) is 4.96. The number of rotatable bonds is 8. The highest BCUT2D eigenvalue weighted by Crippen LogP contribution is 2.36. The molecule has 0 saturated carbocycles. The molecule has 116 valence electrons. The SMILES string of the molecule is CCCc1noc([C@@H](C)Sc2nnc(NCC(C)C)s2)n1. The summed E-state index contributed by atoms with van der Waals surface area (Å²) in [5.41, 5.74) is 0. The van der Waals surface area contributed by atoms with Crippen molar-refractivity contribution in [3.8, 4) is 0 Å². The van der Waals surface area contributed by atoms with E-state index in [0.29, 0.717) is 11.8 Å². The van der Waals surface area contributed by atoms with E-state index in [1.165, 1.54) is 0 Å². The fourth-order valence-electron chi connectivity index (χ4n) is 1.58. The molecule has 0 bridgehead atoms. The molecule has 21 heavy (non-hydrogen) atoms.